The van der Waals surface area contributed by atoms with Gasteiger partial charge in [-0.3, -0.25) is 4.79 Å². The molecule has 0 radical (unpaired) electrons. The molecule has 1 heterocycles. The number of nitrogens with one attached hydrogen (secondary N) is 1. The number of methoxy groups -OCH3 is 1. The third kappa shape index (κ3) is 3.50. The second-order valence-electron chi connectivity index (χ2n) is 6.58. The third-order valence-corrected chi connectivity index (χ3v) is 4.66. The topological polar surface area (TPSA) is 41.6 Å². The average molecular weight is 304 g/mol. The molecule has 1 aliphatic heterocycles. The lowest BCUT2D eigenvalue weighted by atomic mass is 9.78. The lowest BCUT2D eigenvalue weighted by molar-refractivity contribution is -0.133. The molecule has 22 heavy (non-hydrogen) atoms. The van der Waals surface area contributed by atoms with Gasteiger partial charge in [-0.25, -0.2) is 0 Å². The Morgan fingerprint density at radius 1 is 1.36 bits per heavy atom. The Hall–Kier alpha value is -1.39. The van der Waals surface area contributed by atoms with Crippen molar-refractivity contribution in [2.75, 3.05) is 38.8 Å². The highest BCUT2D eigenvalue weighted by Crippen LogP contribution is 2.33. The molecule has 0 saturated carbocycles. The van der Waals surface area contributed by atoms with E-state index in [2.05, 4.69) is 31.3 Å². The molecule has 0 aliphatic carbocycles. The van der Waals surface area contributed by atoms with Crippen molar-refractivity contribution in [3.8, 4) is 0 Å². The molecule has 0 spiro atoms. The SMILES string of the molecule is COCC1(C(=O)N(C)c2cccc(C(C)C)c2)CCNCC1. The van der Waals surface area contributed by atoms with E-state index in [0.717, 1.165) is 31.6 Å². The normalized spacial score (nSPS) is 17.5. The van der Waals surface area contributed by atoms with Crippen LogP contribution in [-0.4, -0.2) is 39.8 Å². The quantitative estimate of drug-likeness (QED) is 0.909. The molecule has 1 amide bonds. The molecule has 1 N–H and O–H groups in total. The molecule has 0 bridgehead atoms. The molecule has 1 saturated heterocycles. The molecule has 122 valence electrons. The minimum atomic E-state index is -0.400. The maximum absolute atomic E-state index is 13.1. The van der Waals surface area contributed by atoms with Crippen molar-refractivity contribution in [3.05, 3.63) is 29.8 Å². The molecule has 0 aromatic heterocycles. The van der Waals surface area contributed by atoms with Gasteiger partial charge in [0.05, 0.1) is 12.0 Å². The lowest BCUT2D eigenvalue weighted by Crippen LogP contribution is -2.50. The molecular formula is C18H28N2O2. The van der Waals surface area contributed by atoms with Crippen LogP contribution in [0, 0.1) is 5.41 Å². The van der Waals surface area contributed by atoms with E-state index in [1.807, 2.05) is 19.2 Å². The zero-order valence-corrected chi connectivity index (χ0v) is 14.2. The minimum absolute atomic E-state index is 0.164. The summed E-state index contributed by atoms with van der Waals surface area (Å²) in [5.74, 6) is 0.618. The van der Waals surface area contributed by atoms with Crippen LogP contribution in [0.15, 0.2) is 24.3 Å². The second kappa shape index (κ2) is 7.25. The van der Waals surface area contributed by atoms with Crippen molar-refractivity contribution >= 4 is 11.6 Å². The number of piperidine rings is 1. The summed E-state index contributed by atoms with van der Waals surface area (Å²) >= 11 is 0. The highest BCUT2D eigenvalue weighted by Gasteiger charge is 2.41. The summed E-state index contributed by atoms with van der Waals surface area (Å²) in [7, 11) is 3.55. The fraction of sp³-hybridized carbons (Fsp3) is 0.611. The van der Waals surface area contributed by atoms with Crippen molar-refractivity contribution in [1.29, 1.82) is 0 Å². The van der Waals surface area contributed by atoms with Crippen molar-refractivity contribution in [2.45, 2.75) is 32.6 Å². The summed E-state index contributed by atoms with van der Waals surface area (Å²) in [6.07, 6.45) is 1.65. The van der Waals surface area contributed by atoms with Crippen LogP contribution in [0.1, 0.15) is 38.2 Å². The molecular weight excluding hydrogens is 276 g/mol. The van der Waals surface area contributed by atoms with E-state index in [9.17, 15) is 4.79 Å². The molecule has 1 aliphatic rings. The first-order valence-corrected chi connectivity index (χ1v) is 8.08. The van der Waals surface area contributed by atoms with Gasteiger partial charge in [-0.2, -0.15) is 0 Å². The maximum atomic E-state index is 13.1. The van der Waals surface area contributed by atoms with E-state index >= 15 is 0 Å². The molecule has 4 nitrogen and oxygen atoms in total. The van der Waals surface area contributed by atoms with Crippen LogP contribution in [0.4, 0.5) is 5.69 Å². The van der Waals surface area contributed by atoms with Crippen LogP contribution in [0.3, 0.4) is 0 Å². The van der Waals surface area contributed by atoms with Crippen LogP contribution in [-0.2, 0) is 9.53 Å². The molecule has 4 heteroatoms. The molecule has 1 aromatic rings. The van der Waals surface area contributed by atoms with Crippen LogP contribution in [0.25, 0.3) is 0 Å². The van der Waals surface area contributed by atoms with Crippen molar-refractivity contribution in [3.63, 3.8) is 0 Å². The number of carbonyl (C=O) groups excluding carboxylic acids is 1. The summed E-state index contributed by atoms with van der Waals surface area (Å²) in [5.41, 5.74) is 1.82. The zero-order valence-electron chi connectivity index (χ0n) is 14.2. The molecule has 2 rings (SSSR count). The first-order valence-electron chi connectivity index (χ1n) is 8.08. The van der Waals surface area contributed by atoms with Crippen molar-refractivity contribution in [1.82, 2.24) is 5.32 Å². The van der Waals surface area contributed by atoms with Crippen molar-refractivity contribution in [2.24, 2.45) is 5.41 Å². The fourth-order valence-corrected chi connectivity index (χ4v) is 3.17. The highest BCUT2D eigenvalue weighted by molar-refractivity contribution is 5.97. The molecule has 0 atom stereocenters. The summed E-state index contributed by atoms with van der Waals surface area (Å²) in [4.78, 5) is 14.9. The zero-order chi connectivity index (χ0) is 16.2. The van der Waals surface area contributed by atoms with Crippen LogP contribution in [0.2, 0.25) is 0 Å². The van der Waals surface area contributed by atoms with Crippen molar-refractivity contribution < 1.29 is 9.53 Å². The van der Waals surface area contributed by atoms with Gasteiger partial charge in [0.25, 0.3) is 0 Å². The predicted octanol–water partition coefficient (Wildman–Crippen LogP) is 2.79. The number of nitrogens with zero attached hydrogens (tertiary/aromatic N) is 1. The standard InChI is InChI=1S/C18H28N2O2/c1-14(2)15-6-5-7-16(12-15)20(3)17(21)18(13-22-4)8-10-19-11-9-18/h5-7,12,14,19H,8-11,13H2,1-4H3. The number of benzene rings is 1. The highest BCUT2D eigenvalue weighted by atomic mass is 16.5. The first kappa shape index (κ1) is 17.0. The Morgan fingerprint density at radius 3 is 2.64 bits per heavy atom. The van der Waals surface area contributed by atoms with E-state index < -0.39 is 5.41 Å². The van der Waals surface area contributed by atoms with Crippen LogP contribution in [0.5, 0.6) is 0 Å². The van der Waals surface area contributed by atoms with Gasteiger partial charge in [0.1, 0.15) is 0 Å². The number of anilines is 1. The van der Waals surface area contributed by atoms with Crippen LogP contribution < -0.4 is 10.2 Å². The van der Waals surface area contributed by atoms with E-state index in [1.54, 1.807) is 12.0 Å². The van der Waals surface area contributed by atoms with Gasteiger partial charge in [0.2, 0.25) is 5.91 Å². The molecule has 1 aromatic carbocycles. The number of hydrogen-bond acceptors (Lipinski definition) is 3. The second-order valence-corrected chi connectivity index (χ2v) is 6.58. The smallest absolute Gasteiger partial charge is 0.235 e. The Balaban J connectivity index is 2.24. The number of amides is 1. The monoisotopic (exact) mass is 304 g/mol. The van der Waals surface area contributed by atoms with E-state index in [-0.39, 0.29) is 5.91 Å². The maximum Gasteiger partial charge on any atom is 0.235 e. The largest absolute Gasteiger partial charge is 0.384 e. The van der Waals surface area contributed by atoms with Gasteiger partial charge in [-0.15, -0.1) is 0 Å². The Morgan fingerprint density at radius 2 is 2.05 bits per heavy atom. The number of ether oxygens (including phenoxy) is 1. The van der Waals surface area contributed by atoms with Gasteiger partial charge < -0.3 is 15.0 Å². The van der Waals surface area contributed by atoms with E-state index in [4.69, 9.17) is 4.74 Å². The Kier molecular flexibility index (Phi) is 5.59. The number of hydrogen-bond donors (Lipinski definition) is 1. The summed E-state index contributed by atoms with van der Waals surface area (Å²) in [5, 5.41) is 3.33. The molecule has 1 fully saturated rings. The average Bonchev–Trinajstić information content (AvgIpc) is 2.54. The summed E-state index contributed by atoms with van der Waals surface area (Å²) in [6.45, 7) is 6.56. The summed E-state index contributed by atoms with van der Waals surface area (Å²) < 4.78 is 5.38. The Labute approximate surface area is 133 Å². The first-order chi connectivity index (χ1) is 10.5. The van der Waals surface area contributed by atoms with Gasteiger partial charge in [-0.05, 0) is 49.5 Å². The van der Waals surface area contributed by atoms with Gasteiger partial charge in [0, 0.05) is 19.8 Å². The van der Waals surface area contributed by atoms with Crippen LogP contribution >= 0.6 is 0 Å². The lowest BCUT2D eigenvalue weighted by Gasteiger charge is -2.38. The predicted molar refractivity (Wildman–Crippen MR) is 90.4 cm³/mol. The number of carbonyl (C=O) groups is 1. The van der Waals surface area contributed by atoms with Gasteiger partial charge in [-0.1, -0.05) is 26.0 Å². The summed E-state index contributed by atoms with van der Waals surface area (Å²) in [6, 6.07) is 8.26. The number of rotatable bonds is 5. The fourth-order valence-electron chi connectivity index (χ4n) is 3.17. The molecule has 0 unspecified atom stereocenters. The Bertz CT molecular complexity index is 502. The van der Waals surface area contributed by atoms with E-state index in [0.29, 0.717) is 12.5 Å². The third-order valence-electron chi connectivity index (χ3n) is 4.66. The van der Waals surface area contributed by atoms with Gasteiger partial charge in [0.15, 0.2) is 0 Å². The minimum Gasteiger partial charge on any atom is -0.384 e. The van der Waals surface area contributed by atoms with Gasteiger partial charge >= 0.3 is 0 Å². The van der Waals surface area contributed by atoms with E-state index in [1.165, 1.54) is 5.56 Å².